The maximum absolute atomic E-state index is 12.9. The van der Waals surface area contributed by atoms with Crippen molar-refractivity contribution in [2.24, 2.45) is 11.8 Å². The second kappa shape index (κ2) is 6.68. The van der Waals surface area contributed by atoms with Gasteiger partial charge in [0.05, 0.1) is 16.6 Å². The fourth-order valence-corrected chi connectivity index (χ4v) is 5.86. The first kappa shape index (κ1) is 15.5. The highest BCUT2D eigenvalue weighted by Gasteiger charge is 2.40. The van der Waals surface area contributed by atoms with Crippen LogP contribution in [0.5, 0.6) is 0 Å². The summed E-state index contributed by atoms with van der Waals surface area (Å²) in [7, 11) is 1.25. The molecular formula is C15H29NO2S. The van der Waals surface area contributed by atoms with Crippen molar-refractivity contribution in [3.63, 3.8) is 0 Å². The average Bonchev–Trinajstić information content (AvgIpc) is 2.83. The van der Waals surface area contributed by atoms with E-state index < -0.39 is 10.8 Å². The third-order valence-electron chi connectivity index (χ3n) is 5.05. The van der Waals surface area contributed by atoms with E-state index in [0.717, 1.165) is 31.8 Å². The smallest absolute Gasteiger partial charge is 0.0691 e. The summed E-state index contributed by atoms with van der Waals surface area (Å²) in [5.74, 6) is 1.44. The van der Waals surface area contributed by atoms with Crippen molar-refractivity contribution in [2.45, 2.75) is 69.1 Å². The number of rotatable bonds is 4. The summed E-state index contributed by atoms with van der Waals surface area (Å²) in [5, 5.41) is 3.95. The molecule has 0 aromatic carbocycles. The maximum atomic E-state index is 12.9. The normalized spacial score (nSPS) is 41.6. The molecule has 1 saturated carbocycles. The van der Waals surface area contributed by atoms with E-state index in [1.54, 1.807) is 0 Å². The Morgan fingerprint density at radius 2 is 1.95 bits per heavy atom. The zero-order valence-electron chi connectivity index (χ0n) is 12.7. The topological polar surface area (TPSA) is 38.3 Å². The Labute approximate surface area is 120 Å². The predicted octanol–water partition coefficient (Wildman–Crippen LogP) is 2.33. The molecule has 6 unspecified atom stereocenters. The van der Waals surface area contributed by atoms with E-state index in [9.17, 15) is 4.21 Å². The molecule has 1 N–H and O–H groups in total. The van der Waals surface area contributed by atoms with Gasteiger partial charge in [-0.05, 0) is 51.5 Å². The standard InChI is InChI=1S/C15H29NO2S/c1-10(2)12-5-6-13(16-4)15(9-12)19(17)14-7-8-18-11(14)3/h10-16H,5-9H2,1-4H3. The molecule has 2 aliphatic rings. The second-order valence-corrected chi connectivity index (χ2v) is 8.35. The summed E-state index contributed by atoms with van der Waals surface area (Å²) in [6.45, 7) is 7.45. The van der Waals surface area contributed by atoms with Crippen LogP contribution in [0, 0.1) is 11.8 Å². The molecule has 4 heteroatoms. The Bertz CT molecular complexity index is 321. The van der Waals surface area contributed by atoms with Crippen LogP contribution in [0.3, 0.4) is 0 Å². The summed E-state index contributed by atoms with van der Waals surface area (Å²) < 4.78 is 18.5. The van der Waals surface area contributed by atoms with E-state index in [1.807, 2.05) is 7.05 Å². The van der Waals surface area contributed by atoms with Crippen LogP contribution >= 0.6 is 0 Å². The molecule has 3 nitrogen and oxygen atoms in total. The fourth-order valence-electron chi connectivity index (χ4n) is 3.59. The molecule has 0 bridgehead atoms. The van der Waals surface area contributed by atoms with Crippen molar-refractivity contribution < 1.29 is 8.95 Å². The van der Waals surface area contributed by atoms with Gasteiger partial charge in [0.1, 0.15) is 0 Å². The van der Waals surface area contributed by atoms with Crippen molar-refractivity contribution in [1.82, 2.24) is 5.32 Å². The Balaban J connectivity index is 2.07. The fraction of sp³-hybridized carbons (Fsp3) is 1.00. The SMILES string of the molecule is CNC1CCC(C(C)C)CC1S(=O)C1CCOC1C. The minimum atomic E-state index is -0.767. The lowest BCUT2D eigenvalue weighted by Gasteiger charge is -2.38. The van der Waals surface area contributed by atoms with Crippen LogP contribution in [0.2, 0.25) is 0 Å². The molecular weight excluding hydrogens is 258 g/mol. The van der Waals surface area contributed by atoms with Crippen LogP contribution in [-0.4, -0.2) is 40.5 Å². The van der Waals surface area contributed by atoms with E-state index in [1.165, 1.54) is 6.42 Å². The van der Waals surface area contributed by atoms with Gasteiger partial charge in [-0.25, -0.2) is 0 Å². The largest absolute Gasteiger partial charge is 0.377 e. The van der Waals surface area contributed by atoms with Crippen molar-refractivity contribution in [2.75, 3.05) is 13.7 Å². The van der Waals surface area contributed by atoms with Crippen LogP contribution in [-0.2, 0) is 15.5 Å². The number of hydrogen-bond donors (Lipinski definition) is 1. The van der Waals surface area contributed by atoms with Gasteiger partial charge in [-0.15, -0.1) is 0 Å². The molecule has 0 aromatic rings. The minimum absolute atomic E-state index is 0.165. The summed E-state index contributed by atoms with van der Waals surface area (Å²) >= 11 is 0. The summed E-state index contributed by atoms with van der Waals surface area (Å²) in [4.78, 5) is 0. The van der Waals surface area contributed by atoms with Crippen LogP contribution in [0.15, 0.2) is 0 Å². The molecule has 1 saturated heterocycles. The van der Waals surface area contributed by atoms with Crippen LogP contribution in [0.25, 0.3) is 0 Å². The van der Waals surface area contributed by atoms with Crippen molar-refractivity contribution >= 4 is 10.8 Å². The number of ether oxygens (including phenoxy) is 1. The van der Waals surface area contributed by atoms with Crippen LogP contribution in [0.4, 0.5) is 0 Å². The van der Waals surface area contributed by atoms with Crippen molar-refractivity contribution in [3.05, 3.63) is 0 Å². The number of hydrogen-bond acceptors (Lipinski definition) is 3. The van der Waals surface area contributed by atoms with Gasteiger partial charge in [-0.2, -0.15) is 0 Å². The van der Waals surface area contributed by atoms with E-state index >= 15 is 0 Å². The van der Waals surface area contributed by atoms with E-state index in [0.29, 0.717) is 17.2 Å². The first-order valence-electron chi connectivity index (χ1n) is 7.72. The molecule has 0 aromatic heterocycles. The Morgan fingerprint density at radius 1 is 1.21 bits per heavy atom. The maximum Gasteiger partial charge on any atom is 0.0691 e. The molecule has 6 atom stereocenters. The van der Waals surface area contributed by atoms with Crippen molar-refractivity contribution in [1.29, 1.82) is 0 Å². The second-order valence-electron chi connectivity index (χ2n) is 6.48. The number of nitrogens with one attached hydrogen (secondary N) is 1. The first-order valence-corrected chi connectivity index (χ1v) is 9.00. The Kier molecular flexibility index (Phi) is 5.44. The quantitative estimate of drug-likeness (QED) is 0.862. The molecule has 0 amide bonds. The average molecular weight is 287 g/mol. The molecule has 1 aliphatic carbocycles. The van der Waals surface area contributed by atoms with Crippen molar-refractivity contribution in [3.8, 4) is 0 Å². The third kappa shape index (κ3) is 3.40. The molecule has 0 spiro atoms. The van der Waals surface area contributed by atoms with Gasteiger partial charge in [-0.3, -0.25) is 4.21 Å². The predicted molar refractivity (Wildman–Crippen MR) is 80.8 cm³/mol. The Hall–Kier alpha value is 0.0700. The Morgan fingerprint density at radius 3 is 2.47 bits per heavy atom. The first-order chi connectivity index (χ1) is 9.04. The lowest BCUT2D eigenvalue weighted by Crippen LogP contribution is -2.48. The monoisotopic (exact) mass is 287 g/mol. The zero-order valence-corrected chi connectivity index (χ0v) is 13.5. The van der Waals surface area contributed by atoms with Gasteiger partial charge in [0.2, 0.25) is 0 Å². The molecule has 2 rings (SSSR count). The van der Waals surface area contributed by atoms with Crippen LogP contribution < -0.4 is 5.32 Å². The zero-order chi connectivity index (χ0) is 14.0. The van der Waals surface area contributed by atoms with Gasteiger partial charge in [0.15, 0.2) is 0 Å². The molecule has 1 aliphatic heterocycles. The highest BCUT2D eigenvalue weighted by atomic mass is 32.2. The highest BCUT2D eigenvalue weighted by molar-refractivity contribution is 7.86. The van der Waals surface area contributed by atoms with E-state index in [-0.39, 0.29) is 11.4 Å². The van der Waals surface area contributed by atoms with E-state index in [4.69, 9.17) is 4.74 Å². The molecule has 112 valence electrons. The lowest BCUT2D eigenvalue weighted by atomic mass is 9.79. The van der Waals surface area contributed by atoms with Gasteiger partial charge in [-0.1, -0.05) is 13.8 Å². The summed E-state index contributed by atoms with van der Waals surface area (Å²) in [5.41, 5.74) is 0. The van der Waals surface area contributed by atoms with Gasteiger partial charge >= 0.3 is 0 Å². The van der Waals surface area contributed by atoms with Gasteiger partial charge in [0.25, 0.3) is 0 Å². The highest BCUT2D eigenvalue weighted by Crippen LogP contribution is 2.35. The van der Waals surface area contributed by atoms with Gasteiger partial charge in [0, 0.05) is 23.4 Å². The summed E-state index contributed by atoms with van der Waals surface area (Å²) in [6, 6.07) is 0.420. The lowest BCUT2D eigenvalue weighted by molar-refractivity contribution is 0.126. The summed E-state index contributed by atoms with van der Waals surface area (Å²) in [6.07, 6.45) is 4.68. The molecule has 2 fully saturated rings. The van der Waals surface area contributed by atoms with E-state index in [2.05, 4.69) is 26.1 Å². The minimum Gasteiger partial charge on any atom is -0.377 e. The molecule has 1 heterocycles. The van der Waals surface area contributed by atoms with Gasteiger partial charge < -0.3 is 10.1 Å². The third-order valence-corrected chi connectivity index (χ3v) is 7.38. The molecule has 19 heavy (non-hydrogen) atoms. The van der Waals surface area contributed by atoms with Crippen LogP contribution in [0.1, 0.15) is 46.5 Å². The molecule has 0 radical (unpaired) electrons.